The van der Waals surface area contributed by atoms with Crippen molar-refractivity contribution in [1.29, 1.82) is 0 Å². The summed E-state index contributed by atoms with van der Waals surface area (Å²) in [5.41, 5.74) is 6.63. The minimum Gasteiger partial charge on any atom is -0.366 e. The van der Waals surface area contributed by atoms with Gasteiger partial charge < -0.3 is 15.5 Å². The molecule has 0 aromatic rings. The molecule has 1 fully saturated rings. The second kappa shape index (κ2) is 6.70. The van der Waals surface area contributed by atoms with E-state index in [9.17, 15) is 9.59 Å². The highest BCUT2D eigenvalue weighted by Crippen LogP contribution is 2.28. The monoisotopic (exact) mass is 279 g/mol. The van der Waals surface area contributed by atoms with Crippen LogP contribution < -0.4 is 5.73 Å². The number of likely N-dealkylation sites (tertiary alicyclic amines) is 1. The Hall–Kier alpha value is -1.62. The average Bonchev–Trinajstić information content (AvgIpc) is 2.75. The van der Waals surface area contributed by atoms with Crippen molar-refractivity contribution in [3.05, 3.63) is 23.9 Å². The number of carbonyl (C=O) groups excluding carboxylic acids is 2. The van der Waals surface area contributed by atoms with E-state index < -0.39 is 5.91 Å². The van der Waals surface area contributed by atoms with Crippen molar-refractivity contribution in [1.82, 2.24) is 9.80 Å². The third-order valence-electron chi connectivity index (χ3n) is 3.90. The van der Waals surface area contributed by atoms with Gasteiger partial charge in [-0.1, -0.05) is 13.0 Å². The van der Waals surface area contributed by atoms with Gasteiger partial charge in [0.1, 0.15) is 0 Å². The van der Waals surface area contributed by atoms with E-state index >= 15 is 0 Å². The fourth-order valence-corrected chi connectivity index (χ4v) is 2.72. The molecule has 0 spiro atoms. The van der Waals surface area contributed by atoms with Gasteiger partial charge in [0, 0.05) is 23.9 Å². The highest BCUT2D eigenvalue weighted by molar-refractivity contribution is 5.94. The van der Waals surface area contributed by atoms with Crippen molar-refractivity contribution < 1.29 is 9.59 Å². The zero-order valence-electron chi connectivity index (χ0n) is 12.8. The SMILES string of the molecule is C=CC1CCN(/C(=C(/C)C(N)=O)C(CC)N(C)C)C1=O. The molecule has 1 heterocycles. The zero-order valence-corrected chi connectivity index (χ0v) is 12.8. The van der Waals surface area contributed by atoms with E-state index in [1.54, 1.807) is 17.9 Å². The van der Waals surface area contributed by atoms with Crippen LogP contribution in [0.5, 0.6) is 0 Å². The molecule has 0 aromatic carbocycles. The molecule has 0 bridgehead atoms. The van der Waals surface area contributed by atoms with Crippen molar-refractivity contribution in [3.8, 4) is 0 Å². The van der Waals surface area contributed by atoms with Crippen LogP contribution in [0.4, 0.5) is 0 Å². The molecule has 20 heavy (non-hydrogen) atoms. The zero-order chi connectivity index (χ0) is 15.4. The summed E-state index contributed by atoms with van der Waals surface area (Å²) in [6.07, 6.45) is 3.22. The molecule has 0 aliphatic carbocycles. The summed E-state index contributed by atoms with van der Waals surface area (Å²) in [5, 5.41) is 0. The van der Waals surface area contributed by atoms with E-state index in [2.05, 4.69) is 6.58 Å². The Kier molecular flexibility index (Phi) is 5.51. The largest absolute Gasteiger partial charge is 0.366 e. The molecule has 0 aromatic heterocycles. The van der Waals surface area contributed by atoms with Crippen LogP contribution in [0.25, 0.3) is 0 Å². The van der Waals surface area contributed by atoms with Gasteiger partial charge in [-0.2, -0.15) is 0 Å². The molecule has 2 unspecified atom stereocenters. The third-order valence-corrected chi connectivity index (χ3v) is 3.90. The first kappa shape index (κ1) is 16.4. The molecule has 1 saturated heterocycles. The molecular weight excluding hydrogens is 254 g/mol. The number of hydrogen-bond donors (Lipinski definition) is 1. The van der Waals surface area contributed by atoms with Crippen LogP contribution in [0, 0.1) is 5.92 Å². The van der Waals surface area contributed by atoms with Gasteiger partial charge >= 0.3 is 0 Å². The van der Waals surface area contributed by atoms with E-state index in [4.69, 9.17) is 5.73 Å². The highest BCUT2D eigenvalue weighted by atomic mass is 16.2. The van der Waals surface area contributed by atoms with E-state index in [1.165, 1.54) is 0 Å². The van der Waals surface area contributed by atoms with Crippen LogP contribution in [-0.2, 0) is 9.59 Å². The minimum atomic E-state index is -0.477. The summed E-state index contributed by atoms with van der Waals surface area (Å²) < 4.78 is 0. The number of likely N-dealkylation sites (N-methyl/N-ethyl adjacent to an activating group) is 1. The molecule has 2 amide bonds. The molecule has 0 saturated carbocycles. The maximum Gasteiger partial charge on any atom is 0.246 e. The molecule has 2 atom stereocenters. The fraction of sp³-hybridized carbons (Fsp3) is 0.600. The Bertz CT molecular complexity index is 440. The normalized spacial score (nSPS) is 21.9. The maximum absolute atomic E-state index is 12.4. The molecule has 1 rings (SSSR count). The highest BCUT2D eigenvalue weighted by Gasteiger charge is 2.36. The molecular formula is C15H25N3O2. The molecule has 5 heteroatoms. The standard InChI is InChI=1S/C15H25N3O2/c1-6-11-8-9-18(15(11)20)13(10(3)14(16)19)12(7-2)17(4)5/h6,11-12H,1,7-9H2,2-5H3,(H2,16,19)/b13-10-. The van der Waals surface area contributed by atoms with Crippen molar-refractivity contribution >= 4 is 11.8 Å². The predicted molar refractivity (Wildman–Crippen MR) is 79.7 cm³/mol. The van der Waals surface area contributed by atoms with Crippen molar-refractivity contribution in [2.45, 2.75) is 32.7 Å². The van der Waals surface area contributed by atoms with Gasteiger partial charge in [0.2, 0.25) is 11.8 Å². The van der Waals surface area contributed by atoms with Gasteiger partial charge in [-0.25, -0.2) is 0 Å². The minimum absolute atomic E-state index is 0.00462. The summed E-state index contributed by atoms with van der Waals surface area (Å²) in [4.78, 5) is 27.7. The molecule has 2 N–H and O–H groups in total. The van der Waals surface area contributed by atoms with Crippen LogP contribution in [-0.4, -0.2) is 48.3 Å². The Morgan fingerprint density at radius 2 is 2.20 bits per heavy atom. The molecule has 0 radical (unpaired) electrons. The second-order valence-corrected chi connectivity index (χ2v) is 5.38. The van der Waals surface area contributed by atoms with Gasteiger partial charge in [-0.3, -0.25) is 9.59 Å². The number of rotatable bonds is 6. The van der Waals surface area contributed by atoms with Gasteiger partial charge in [0.05, 0.1) is 5.92 Å². The molecule has 1 aliphatic heterocycles. The summed E-state index contributed by atoms with van der Waals surface area (Å²) in [7, 11) is 3.88. The maximum atomic E-state index is 12.4. The molecule has 1 aliphatic rings. The summed E-state index contributed by atoms with van der Waals surface area (Å²) in [6.45, 7) is 8.04. The van der Waals surface area contributed by atoms with Crippen LogP contribution >= 0.6 is 0 Å². The predicted octanol–water partition coefficient (Wildman–Crippen LogP) is 1.12. The van der Waals surface area contributed by atoms with Crippen LogP contribution in [0.2, 0.25) is 0 Å². The lowest BCUT2D eigenvalue weighted by Gasteiger charge is -2.33. The first-order chi connectivity index (χ1) is 9.34. The number of hydrogen-bond acceptors (Lipinski definition) is 3. The lowest BCUT2D eigenvalue weighted by molar-refractivity contribution is -0.128. The lowest BCUT2D eigenvalue weighted by Crippen LogP contribution is -2.41. The smallest absolute Gasteiger partial charge is 0.246 e. The van der Waals surface area contributed by atoms with Crippen LogP contribution in [0.1, 0.15) is 26.7 Å². The summed E-state index contributed by atoms with van der Waals surface area (Å²) in [5.74, 6) is -0.628. The van der Waals surface area contributed by atoms with Gasteiger partial charge in [0.15, 0.2) is 0 Å². The van der Waals surface area contributed by atoms with Crippen LogP contribution in [0.15, 0.2) is 23.9 Å². The summed E-state index contributed by atoms with van der Waals surface area (Å²) in [6, 6.07) is -0.00462. The number of nitrogens with two attached hydrogens (primary N) is 1. The van der Waals surface area contributed by atoms with Crippen molar-refractivity contribution in [2.24, 2.45) is 11.7 Å². The molecule has 112 valence electrons. The molecule has 5 nitrogen and oxygen atoms in total. The van der Waals surface area contributed by atoms with Gasteiger partial charge in [0.25, 0.3) is 0 Å². The fourth-order valence-electron chi connectivity index (χ4n) is 2.72. The Labute approximate surface area is 121 Å². The summed E-state index contributed by atoms with van der Waals surface area (Å²) >= 11 is 0. The topological polar surface area (TPSA) is 66.6 Å². The average molecular weight is 279 g/mol. The number of primary amides is 1. The Morgan fingerprint density at radius 3 is 2.55 bits per heavy atom. The number of nitrogens with zero attached hydrogens (tertiary/aromatic N) is 2. The number of carbonyl (C=O) groups is 2. The third kappa shape index (κ3) is 3.10. The Balaban J connectivity index is 3.26. The first-order valence-corrected chi connectivity index (χ1v) is 6.96. The van der Waals surface area contributed by atoms with E-state index in [-0.39, 0.29) is 17.9 Å². The van der Waals surface area contributed by atoms with E-state index in [0.717, 1.165) is 18.5 Å². The lowest BCUT2D eigenvalue weighted by atomic mass is 10.0. The van der Waals surface area contributed by atoms with E-state index in [0.29, 0.717) is 12.1 Å². The number of amides is 2. The Morgan fingerprint density at radius 1 is 1.60 bits per heavy atom. The van der Waals surface area contributed by atoms with E-state index in [1.807, 2.05) is 25.9 Å². The first-order valence-electron chi connectivity index (χ1n) is 6.96. The second-order valence-electron chi connectivity index (χ2n) is 5.38. The van der Waals surface area contributed by atoms with Crippen molar-refractivity contribution in [2.75, 3.05) is 20.6 Å². The van der Waals surface area contributed by atoms with Gasteiger partial charge in [-0.15, -0.1) is 6.58 Å². The van der Waals surface area contributed by atoms with Gasteiger partial charge in [-0.05, 0) is 33.9 Å². The van der Waals surface area contributed by atoms with Crippen LogP contribution in [0.3, 0.4) is 0 Å². The van der Waals surface area contributed by atoms with Crippen molar-refractivity contribution in [3.63, 3.8) is 0 Å². The quantitative estimate of drug-likeness (QED) is 0.585.